The average Bonchev–Trinajstić information content (AvgIpc) is 3.09. The predicted molar refractivity (Wildman–Crippen MR) is 89.8 cm³/mol. The lowest BCUT2D eigenvalue weighted by Gasteiger charge is -2.16. The molecule has 0 fully saturated rings. The van der Waals surface area contributed by atoms with E-state index in [4.69, 9.17) is 10.5 Å². The van der Waals surface area contributed by atoms with E-state index in [0.717, 1.165) is 11.8 Å². The van der Waals surface area contributed by atoms with Gasteiger partial charge in [-0.1, -0.05) is 12.1 Å². The van der Waals surface area contributed by atoms with Crippen molar-refractivity contribution in [3.05, 3.63) is 71.4 Å². The first-order valence-corrected chi connectivity index (χ1v) is 7.86. The van der Waals surface area contributed by atoms with Crippen molar-refractivity contribution in [2.45, 2.75) is 26.3 Å². The molecule has 8 heteroatoms. The number of hydrogen-bond acceptors (Lipinski definition) is 4. The summed E-state index contributed by atoms with van der Waals surface area (Å²) in [5.41, 5.74) is 6.20. The molecular weight excluding hydrogens is 345 g/mol. The van der Waals surface area contributed by atoms with Crippen molar-refractivity contribution in [3.8, 4) is 11.6 Å². The van der Waals surface area contributed by atoms with E-state index >= 15 is 0 Å². The maximum Gasteiger partial charge on any atom is 0.416 e. The SMILES string of the molecule is Cc1cccc(C(F)(F)F)c1COc1ccc(-n2cnc(CN)c2)nc1. The van der Waals surface area contributed by atoms with Crippen LogP contribution in [0.15, 0.2) is 49.1 Å². The van der Waals surface area contributed by atoms with Crippen LogP contribution in [0.5, 0.6) is 5.75 Å². The molecule has 0 amide bonds. The summed E-state index contributed by atoms with van der Waals surface area (Å²) in [6.07, 6.45) is 0.387. The van der Waals surface area contributed by atoms with E-state index in [1.807, 2.05) is 0 Å². The van der Waals surface area contributed by atoms with Crippen LogP contribution in [0, 0.1) is 6.92 Å². The lowest BCUT2D eigenvalue weighted by Crippen LogP contribution is -2.12. The molecular formula is C18H17F3N4O. The van der Waals surface area contributed by atoms with Gasteiger partial charge in [0.05, 0.1) is 17.5 Å². The lowest BCUT2D eigenvalue weighted by atomic mass is 10.0. The fourth-order valence-corrected chi connectivity index (χ4v) is 2.52. The molecule has 0 aliphatic heterocycles. The van der Waals surface area contributed by atoms with Crippen LogP contribution in [0.1, 0.15) is 22.4 Å². The van der Waals surface area contributed by atoms with Crippen LogP contribution in [0.4, 0.5) is 13.2 Å². The van der Waals surface area contributed by atoms with Crippen molar-refractivity contribution in [2.24, 2.45) is 5.73 Å². The molecule has 3 aromatic rings. The molecule has 0 saturated carbocycles. The first-order valence-electron chi connectivity index (χ1n) is 7.86. The van der Waals surface area contributed by atoms with Crippen molar-refractivity contribution < 1.29 is 17.9 Å². The molecule has 1 aromatic carbocycles. The summed E-state index contributed by atoms with van der Waals surface area (Å²) in [4.78, 5) is 8.35. The normalized spacial score (nSPS) is 11.6. The first-order chi connectivity index (χ1) is 12.4. The standard InChI is InChI=1S/C18H17F3N4O/c1-12-3-2-4-16(18(19,20)21)15(12)10-26-14-5-6-17(23-8-14)25-9-13(7-22)24-11-25/h2-6,8-9,11H,7,10,22H2,1H3. The van der Waals surface area contributed by atoms with Crippen molar-refractivity contribution in [1.82, 2.24) is 14.5 Å². The van der Waals surface area contributed by atoms with Gasteiger partial charge in [0.25, 0.3) is 0 Å². The quantitative estimate of drug-likeness (QED) is 0.753. The highest BCUT2D eigenvalue weighted by Crippen LogP contribution is 2.33. The Bertz CT molecular complexity index is 888. The number of nitrogens with zero attached hydrogens (tertiary/aromatic N) is 3. The first kappa shape index (κ1) is 17.9. The Balaban J connectivity index is 1.75. The third kappa shape index (κ3) is 3.85. The molecule has 0 aliphatic rings. The molecule has 26 heavy (non-hydrogen) atoms. The Labute approximate surface area is 148 Å². The fourth-order valence-electron chi connectivity index (χ4n) is 2.52. The number of nitrogens with two attached hydrogens (primary N) is 1. The third-order valence-electron chi connectivity index (χ3n) is 3.93. The molecule has 3 rings (SSSR count). The lowest BCUT2D eigenvalue weighted by molar-refractivity contribution is -0.138. The maximum atomic E-state index is 13.1. The van der Waals surface area contributed by atoms with E-state index in [9.17, 15) is 13.2 Å². The van der Waals surface area contributed by atoms with Gasteiger partial charge >= 0.3 is 6.18 Å². The molecule has 136 valence electrons. The summed E-state index contributed by atoms with van der Waals surface area (Å²) in [5, 5.41) is 0. The Morgan fingerprint density at radius 1 is 1.15 bits per heavy atom. The highest BCUT2D eigenvalue weighted by Gasteiger charge is 2.33. The van der Waals surface area contributed by atoms with E-state index in [0.29, 0.717) is 23.7 Å². The number of halogens is 3. The van der Waals surface area contributed by atoms with Crippen molar-refractivity contribution >= 4 is 0 Å². The highest BCUT2D eigenvalue weighted by molar-refractivity contribution is 5.37. The smallest absolute Gasteiger partial charge is 0.416 e. The van der Waals surface area contributed by atoms with Gasteiger partial charge in [0.2, 0.25) is 0 Å². The monoisotopic (exact) mass is 362 g/mol. The molecule has 0 atom stereocenters. The third-order valence-corrected chi connectivity index (χ3v) is 3.93. The van der Waals surface area contributed by atoms with Crippen LogP contribution in [0.25, 0.3) is 5.82 Å². The summed E-state index contributed by atoms with van der Waals surface area (Å²) < 4.78 is 46.6. The second-order valence-corrected chi connectivity index (χ2v) is 5.72. The van der Waals surface area contributed by atoms with E-state index in [-0.39, 0.29) is 12.2 Å². The number of alkyl halides is 3. The Morgan fingerprint density at radius 3 is 2.58 bits per heavy atom. The molecule has 2 N–H and O–H groups in total. The summed E-state index contributed by atoms with van der Waals surface area (Å²) in [7, 11) is 0. The zero-order valence-corrected chi connectivity index (χ0v) is 14.0. The van der Waals surface area contributed by atoms with E-state index < -0.39 is 11.7 Å². The topological polar surface area (TPSA) is 66.0 Å². The molecule has 2 aromatic heterocycles. The Morgan fingerprint density at radius 2 is 1.96 bits per heavy atom. The molecule has 2 heterocycles. The number of aryl methyl sites for hydroxylation is 1. The number of ether oxygens (including phenoxy) is 1. The summed E-state index contributed by atoms with van der Waals surface area (Å²) in [6, 6.07) is 7.42. The zero-order chi connectivity index (χ0) is 18.7. The van der Waals surface area contributed by atoms with Gasteiger partial charge in [0.1, 0.15) is 24.5 Å². The van der Waals surface area contributed by atoms with Crippen molar-refractivity contribution in [2.75, 3.05) is 0 Å². The summed E-state index contributed by atoms with van der Waals surface area (Å²) in [6.45, 7) is 1.76. The Kier molecular flexibility index (Phi) is 4.94. The number of imidazole rings is 1. The minimum atomic E-state index is -4.42. The zero-order valence-electron chi connectivity index (χ0n) is 14.0. The maximum absolute atomic E-state index is 13.1. The summed E-state index contributed by atoms with van der Waals surface area (Å²) in [5.74, 6) is 0.987. The average molecular weight is 362 g/mol. The van der Waals surface area contributed by atoms with Crippen LogP contribution in [0.2, 0.25) is 0 Å². The van der Waals surface area contributed by atoms with E-state index in [1.165, 1.54) is 12.3 Å². The van der Waals surface area contributed by atoms with Gasteiger partial charge in [-0.3, -0.25) is 4.57 Å². The largest absolute Gasteiger partial charge is 0.487 e. The number of aromatic nitrogens is 3. The highest BCUT2D eigenvalue weighted by atomic mass is 19.4. The molecule has 0 bridgehead atoms. The minimum absolute atomic E-state index is 0.117. The Hall–Kier alpha value is -2.87. The molecule has 0 radical (unpaired) electrons. The molecule has 0 unspecified atom stereocenters. The van der Waals surface area contributed by atoms with Gasteiger partial charge in [0, 0.05) is 18.3 Å². The number of pyridine rings is 1. The number of hydrogen-bond donors (Lipinski definition) is 1. The van der Waals surface area contributed by atoms with Gasteiger partial charge in [-0.05, 0) is 30.7 Å². The second-order valence-electron chi connectivity index (χ2n) is 5.72. The van der Waals surface area contributed by atoms with Gasteiger partial charge in [0.15, 0.2) is 0 Å². The van der Waals surface area contributed by atoms with Gasteiger partial charge in [-0.15, -0.1) is 0 Å². The van der Waals surface area contributed by atoms with Crippen molar-refractivity contribution in [1.29, 1.82) is 0 Å². The molecule has 0 saturated heterocycles. The summed E-state index contributed by atoms with van der Waals surface area (Å²) >= 11 is 0. The van der Waals surface area contributed by atoms with Crippen LogP contribution in [-0.4, -0.2) is 14.5 Å². The number of rotatable bonds is 5. The van der Waals surface area contributed by atoms with Crippen LogP contribution >= 0.6 is 0 Å². The van der Waals surface area contributed by atoms with Crippen LogP contribution in [-0.2, 0) is 19.3 Å². The van der Waals surface area contributed by atoms with E-state index in [2.05, 4.69) is 9.97 Å². The fraction of sp³-hybridized carbons (Fsp3) is 0.222. The van der Waals surface area contributed by atoms with Gasteiger partial charge in [-0.2, -0.15) is 13.2 Å². The van der Waals surface area contributed by atoms with Crippen LogP contribution in [0.3, 0.4) is 0 Å². The molecule has 0 aliphatic carbocycles. The van der Waals surface area contributed by atoms with Gasteiger partial charge in [-0.25, -0.2) is 9.97 Å². The molecule has 0 spiro atoms. The number of benzene rings is 1. The van der Waals surface area contributed by atoms with E-state index in [1.54, 1.807) is 42.2 Å². The second kappa shape index (κ2) is 7.17. The van der Waals surface area contributed by atoms with Gasteiger partial charge < -0.3 is 10.5 Å². The molecule has 5 nitrogen and oxygen atoms in total. The van der Waals surface area contributed by atoms with Crippen molar-refractivity contribution in [3.63, 3.8) is 0 Å². The predicted octanol–water partition coefficient (Wildman–Crippen LogP) is 3.63. The van der Waals surface area contributed by atoms with Crippen LogP contribution < -0.4 is 10.5 Å². The minimum Gasteiger partial charge on any atom is -0.487 e.